The van der Waals surface area contributed by atoms with Gasteiger partial charge in [0.15, 0.2) is 0 Å². The molecule has 1 aliphatic rings. The van der Waals surface area contributed by atoms with Crippen molar-refractivity contribution in [2.75, 3.05) is 18.6 Å². The fraction of sp³-hybridized carbons (Fsp3) is 0.833. The third kappa shape index (κ3) is 4.08. The molecule has 0 bridgehead atoms. The van der Waals surface area contributed by atoms with Crippen molar-refractivity contribution in [3.8, 4) is 0 Å². The zero-order valence-electron chi connectivity index (χ0n) is 11.0. The second-order valence-corrected chi connectivity index (χ2v) is 5.93. The molecule has 0 spiro atoms. The van der Waals surface area contributed by atoms with Crippen LogP contribution in [0.1, 0.15) is 32.6 Å². The van der Waals surface area contributed by atoms with Gasteiger partial charge in [0.1, 0.15) is 5.54 Å². The molecule has 18 heavy (non-hydrogen) atoms. The molecular formula is C12H22N2O3S. The Labute approximate surface area is 112 Å². The maximum atomic E-state index is 11.7. The monoisotopic (exact) mass is 274 g/mol. The van der Waals surface area contributed by atoms with E-state index in [0.717, 1.165) is 18.6 Å². The molecule has 2 amide bonds. The summed E-state index contributed by atoms with van der Waals surface area (Å²) in [5, 5.41) is 14.7. The second-order valence-electron chi connectivity index (χ2n) is 4.94. The number of aliphatic carboxylic acids is 1. The van der Waals surface area contributed by atoms with Crippen LogP contribution in [0.3, 0.4) is 0 Å². The van der Waals surface area contributed by atoms with Gasteiger partial charge in [-0.1, -0.05) is 6.92 Å². The van der Waals surface area contributed by atoms with Crippen molar-refractivity contribution in [2.24, 2.45) is 5.92 Å². The lowest BCUT2D eigenvalue weighted by Crippen LogP contribution is -2.58. The van der Waals surface area contributed by atoms with E-state index in [1.54, 1.807) is 11.8 Å². The molecule has 0 aliphatic heterocycles. The largest absolute Gasteiger partial charge is 0.480 e. The Morgan fingerprint density at radius 3 is 2.50 bits per heavy atom. The summed E-state index contributed by atoms with van der Waals surface area (Å²) in [7, 11) is 0. The van der Waals surface area contributed by atoms with Gasteiger partial charge >= 0.3 is 12.0 Å². The molecule has 1 rings (SSSR count). The van der Waals surface area contributed by atoms with Crippen LogP contribution in [0.4, 0.5) is 4.79 Å². The summed E-state index contributed by atoms with van der Waals surface area (Å²) in [6.07, 6.45) is 4.68. The molecule has 0 aromatic carbocycles. The minimum atomic E-state index is -1.07. The first-order chi connectivity index (χ1) is 8.50. The number of amides is 2. The first kappa shape index (κ1) is 15.1. The van der Waals surface area contributed by atoms with Crippen molar-refractivity contribution >= 4 is 23.8 Å². The van der Waals surface area contributed by atoms with Gasteiger partial charge in [0.25, 0.3) is 0 Å². The number of carbonyl (C=O) groups is 2. The molecule has 0 aromatic rings. The molecule has 6 heteroatoms. The first-order valence-corrected chi connectivity index (χ1v) is 7.68. The van der Waals surface area contributed by atoms with Crippen LogP contribution in [-0.4, -0.2) is 41.2 Å². The molecule has 1 fully saturated rings. The molecule has 0 heterocycles. The Hall–Kier alpha value is -0.910. The van der Waals surface area contributed by atoms with E-state index in [-0.39, 0.29) is 6.03 Å². The molecule has 0 radical (unpaired) electrons. The Morgan fingerprint density at radius 2 is 2.00 bits per heavy atom. The predicted octanol–water partition coefficient (Wildman–Crippen LogP) is 1.68. The van der Waals surface area contributed by atoms with Crippen LogP contribution >= 0.6 is 11.8 Å². The summed E-state index contributed by atoms with van der Waals surface area (Å²) in [5.74, 6) is 0.443. The number of carbonyl (C=O) groups excluding carboxylic acids is 1. The van der Waals surface area contributed by atoms with Gasteiger partial charge in [-0.05, 0) is 37.9 Å². The number of thioether (sulfide) groups is 1. The average Bonchev–Trinajstić information content (AvgIpc) is 2.32. The molecule has 0 saturated heterocycles. The maximum absolute atomic E-state index is 11.7. The van der Waals surface area contributed by atoms with E-state index in [1.807, 2.05) is 6.26 Å². The Bertz CT molecular complexity index is 302. The highest BCUT2D eigenvalue weighted by atomic mass is 32.2. The summed E-state index contributed by atoms with van der Waals surface area (Å²) >= 11 is 1.64. The SMILES string of the molecule is CSCCNC(=O)NC1(C(=O)O)CCC(C)CC1. The summed E-state index contributed by atoms with van der Waals surface area (Å²) in [6, 6.07) is -0.374. The highest BCUT2D eigenvalue weighted by Gasteiger charge is 2.42. The van der Waals surface area contributed by atoms with E-state index in [1.165, 1.54) is 0 Å². The molecule has 0 atom stereocenters. The molecule has 0 aromatic heterocycles. The van der Waals surface area contributed by atoms with Gasteiger partial charge in [-0.2, -0.15) is 11.8 Å². The van der Waals surface area contributed by atoms with E-state index in [0.29, 0.717) is 25.3 Å². The summed E-state index contributed by atoms with van der Waals surface area (Å²) < 4.78 is 0. The molecule has 104 valence electrons. The fourth-order valence-electron chi connectivity index (χ4n) is 2.18. The lowest BCUT2D eigenvalue weighted by atomic mass is 9.77. The molecular weight excluding hydrogens is 252 g/mol. The van der Waals surface area contributed by atoms with E-state index >= 15 is 0 Å². The summed E-state index contributed by atoms with van der Waals surface area (Å²) in [6.45, 7) is 2.67. The first-order valence-electron chi connectivity index (χ1n) is 6.28. The minimum absolute atomic E-state index is 0.374. The molecule has 3 N–H and O–H groups in total. The van der Waals surface area contributed by atoms with Crippen LogP contribution in [0.15, 0.2) is 0 Å². The van der Waals surface area contributed by atoms with Crippen LogP contribution < -0.4 is 10.6 Å². The summed E-state index contributed by atoms with van der Waals surface area (Å²) in [5.41, 5.74) is -1.07. The number of hydrogen-bond donors (Lipinski definition) is 3. The van der Waals surface area contributed by atoms with Gasteiger partial charge in [-0.3, -0.25) is 0 Å². The normalized spacial score (nSPS) is 27.6. The Balaban J connectivity index is 2.52. The average molecular weight is 274 g/mol. The van der Waals surface area contributed by atoms with E-state index in [2.05, 4.69) is 17.6 Å². The lowest BCUT2D eigenvalue weighted by molar-refractivity contribution is -0.146. The molecule has 1 aliphatic carbocycles. The van der Waals surface area contributed by atoms with E-state index in [9.17, 15) is 14.7 Å². The van der Waals surface area contributed by atoms with Gasteiger partial charge in [0, 0.05) is 12.3 Å². The quantitative estimate of drug-likeness (QED) is 0.667. The number of nitrogens with one attached hydrogen (secondary N) is 2. The fourth-order valence-corrected chi connectivity index (χ4v) is 2.48. The standard InChI is InChI=1S/C12H22N2O3S/c1-9-3-5-12(6-4-9,10(15)16)14-11(17)13-7-8-18-2/h9H,3-8H2,1-2H3,(H,15,16)(H2,13,14,17). The van der Waals surface area contributed by atoms with Crippen LogP contribution in [0, 0.1) is 5.92 Å². The van der Waals surface area contributed by atoms with Crippen molar-refractivity contribution < 1.29 is 14.7 Å². The van der Waals surface area contributed by atoms with E-state index < -0.39 is 11.5 Å². The van der Waals surface area contributed by atoms with Crippen LogP contribution in [-0.2, 0) is 4.79 Å². The van der Waals surface area contributed by atoms with Crippen molar-refractivity contribution in [3.05, 3.63) is 0 Å². The van der Waals surface area contributed by atoms with Gasteiger partial charge < -0.3 is 15.7 Å². The predicted molar refractivity (Wildman–Crippen MR) is 72.9 cm³/mol. The Morgan fingerprint density at radius 1 is 1.39 bits per heavy atom. The number of rotatable bonds is 5. The zero-order valence-corrected chi connectivity index (χ0v) is 11.8. The smallest absolute Gasteiger partial charge is 0.329 e. The van der Waals surface area contributed by atoms with Crippen molar-refractivity contribution in [2.45, 2.75) is 38.1 Å². The van der Waals surface area contributed by atoms with Gasteiger partial charge in [-0.15, -0.1) is 0 Å². The number of carboxylic acid groups (broad SMARTS) is 1. The number of hydrogen-bond acceptors (Lipinski definition) is 3. The van der Waals surface area contributed by atoms with Gasteiger partial charge in [-0.25, -0.2) is 9.59 Å². The molecule has 5 nitrogen and oxygen atoms in total. The third-order valence-corrected chi connectivity index (χ3v) is 4.09. The maximum Gasteiger partial charge on any atom is 0.329 e. The van der Waals surface area contributed by atoms with Crippen molar-refractivity contribution in [3.63, 3.8) is 0 Å². The third-order valence-electron chi connectivity index (χ3n) is 3.48. The highest BCUT2D eigenvalue weighted by molar-refractivity contribution is 7.98. The lowest BCUT2D eigenvalue weighted by Gasteiger charge is -2.36. The number of urea groups is 1. The van der Waals surface area contributed by atoms with Gasteiger partial charge in [0.05, 0.1) is 0 Å². The van der Waals surface area contributed by atoms with E-state index in [4.69, 9.17) is 0 Å². The molecule has 0 unspecified atom stereocenters. The highest BCUT2D eigenvalue weighted by Crippen LogP contribution is 2.32. The topological polar surface area (TPSA) is 78.4 Å². The van der Waals surface area contributed by atoms with Crippen LogP contribution in [0.2, 0.25) is 0 Å². The molecule has 1 saturated carbocycles. The number of carboxylic acids is 1. The Kier molecular flexibility index (Phi) is 5.78. The van der Waals surface area contributed by atoms with Crippen molar-refractivity contribution in [1.29, 1.82) is 0 Å². The van der Waals surface area contributed by atoms with Gasteiger partial charge in [0.2, 0.25) is 0 Å². The van der Waals surface area contributed by atoms with Crippen molar-refractivity contribution in [1.82, 2.24) is 10.6 Å². The summed E-state index contributed by atoms with van der Waals surface area (Å²) in [4.78, 5) is 23.1. The second kappa shape index (κ2) is 6.87. The zero-order chi connectivity index (χ0) is 13.6. The van der Waals surface area contributed by atoms with Crippen LogP contribution in [0.25, 0.3) is 0 Å². The minimum Gasteiger partial charge on any atom is -0.480 e. The van der Waals surface area contributed by atoms with Crippen LogP contribution in [0.5, 0.6) is 0 Å².